The molecule has 0 atom stereocenters. The van der Waals surface area contributed by atoms with Gasteiger partial charge in [0, 0.05) is 10.8 Å². The molecule has 0 spiro atoms. The number of carbonyl (C=O) groups is 1. The molecular formula is C14H23NO2S. The van der Waals surface area contributed by atoms with E-state index < -0.39 is 5.97 Å². The van der Waals surface area contributed by atoms with Crippen molar-refractivity contribution in [3.8, 4) is 0 Å². The Hall–Kier alpha value is -0.900. The van der Waals surface area contributed by atoms with E-state index in [0.29, 0.717) is 11.8 Å². The summed E-state index contributed by atoms with van der Waals surface area (Å²) in [6, 6.07) is 0. The Kier molecular flexibility index (Phi) is 5.32. The van der Waals surface area contributed by atoms with Crippen LogP contribution < -0.4 is 0 Å². The molecule has 1 heterocycles. The number of aromatic nitrogens is 1. The molecule has 18 heavy (non-hydrogen) atoms. The van der Waals surface area contributed by atoms with Gasteiger partial charge < -0.3 is 5.11 Å². The van der Waals surface area contributed by atoms with Gasteiger partial charge in [-0.3, -0.25) is 0 Å². The van der Waals surface area contributed by atoms with Crippen LogP contribution in [0.5, 0.6) is 0 Å². The lowest BCUT2D eigenvalue weighted by atomic mass is 9.84. The van der Waals surface area contributed by atoms with E-state index >= 15 is 0 Å². The molecule has 0 aliphatic heterocycles. The molecule has 0 aliphatic rings. The molecular weight excluding hydrogens is 246 g/mol. The topological polar surface area (TPSA) is 50.2 Å². The predicted molar refractivity (Wildman–Crippen MR) is 75.5 cm³/mol. The van der Waals surface area contributed by atoms with E-state index in [9.17, 15) is 9.90 Å². The first kappa shape index (κ1) is 15.2. The maximum absolute atomic E-state index is 11.3. The van der Waals surface area contributed by atoms with Gasteiger partial charge in [-0.2, -0.15) is 0 Å². The fraction of sp³-hybridized carbons (Fsp3) is 0.714. The van der Waals surface area contributed by atoms with Gasteiger partial charge in [-0.15, -0.1) is 11.3 Å². The average Bonchev–Trinajstić information content (AvgIpc) is 2.61. The Morgan fingerprint density at radius 3 is 2.22 bits per heavy atom. The molecule has 1 N–H and O–H groups in total. The molecule has 0 amide bonds. The molecule has 1 rings (SSSR count). The van der Waals surface area contributed by atoms with Gasteiger partial charge >= 0.3 is 5.97 Å². The summed E-state index contributed by atoms with van der Waals surface area (Å²) in [7, 11) is 0. The summed E-state index contributed by atoms with van der Waals surface area (Å²) >= 11 is 1.59. The zero-order valence-corrected chi connectivity index (χ0v) is 12.7. The Labute approximate surface area is 113 Å². The highest BCUT2D eigenvalue weighted by Crippen LogP contribution is 2.37. The molecule has 4 heteroatoms. The number of nitrogens with zero attached hydrogens (tertiary/aromatic N) is 1. The Morgan fingerprint density at radius 2 is 1.83 bits per heavy atom. The van der Waals surface area contributed by atoms with Gasteiger partial charge in [-0.1, -0.05) is 34.6 Å². The van der Waals surface area contributed by atoms with Crippen molar-refractivity contribution < 1.29 is 9.90 Å². The van der Waals surface area contributed by atoms with Gasteiger partial charge in [0.15, 0.2) is 5.69 Å². The van der Waals surface area contributed by atoms with Crippen LogP contribution in [0, 0.1) is 11.8 Å². The first-order valence-corrected chi connectivity index (χ1v) is 7.43. The second kappa shape index (κ2) is 6.32. The monoisotopic (exact) mass is 269 g/mol. The van der Waals surface area contributed by atoms with Crippen molar-refractivity contribution in [2.24, 2.45) is 11.8 Å². The third-order valence-corrected chi connectivity index (χ3v) is 4.32. The molecule has 0 fully saturated rings. The highest BCUT2D eigenvalue weighted by molar-refractivity contribution is 7.12. The van der Waals surface area contributed by atoms with E-state index in [-0.39, 0.29) is 11.6 Å². The van der Waals surface area contributed by atoms with Crippen LogP contribution in [-0.2, 0) is 6.42 Å². The second-order valence-electron chi connectivity index (χ2n) is 5.39. The summed E-state index contributed by atoms with van der Waals surface area (Å²) in [6.45, 7) is 10.7. The summed E-state index contributed by atoms with van der Waals surface area (Å²) in [5, 5.41) is 10.3. The Balaban J connectivity index is 3.22. The van der Waals surface area contributed by atoms with Gasteiger partial charge in [0.25, 0.3) is 0 Å². The lowest BCUT2D eigenvalue weighted by Crippen LogP contribution is -2.15. The maximum Gasteiger partial charge on any atom is 0.355 e. The molecule has 102 valence electrons. The number of rotatable bonds is 6. The molecule has 0 saturated carbocycles. The zero-order chi connectivity index (χ0) is 13.9. The van der Waals surface area contributed by atoms with Crippen LogP contribution in [0.25, 0.3) is 0 Å². The number of hydrogen-bond acceptors (Lipinski definition) is 3. The highest BCUT2D eigenvalue weighted by atomic mass is 32.1. The second-order valence-corrected chi connectivity index (χ2v) is 6.50. The number of aromatic carboxylic acids is 1. The van der Waals surface area contributed by atoms with E-state index in [2.05, 4.69) is 39.6 Å². The van der Waals surface area contributed by atoms with Crippen molar-refractivity contribution in [1.82, 2.24) is 4.98 Å². The predicted octanol–water partition coefficient (Wildman–Crippen LogP) is 4.19. The fourth-order valence-electron chi connectivity index (χ4n) is 2.45. The zero-order valence-electron chi connectivity index (χ0n) is 11.9. The van der Waals surface area contributed by atoms with E-state index in [1.54, 1.807) is 11.3 Å². The van der Waals surface area contributed by atoms with Crippen molar-refractivity contribution >= 4 is 17.3 Å². The average molecular weight is 269 g/mol. The first-order chi connectivity index (χ1) is 8.38. The summed E-state index contributed by atoms with van der Waals surface area (Å²) in [4.78, 5) is 16.6. The van der Waals surface area contributed by atoms with Crippen molar-refractivity contribution in [2.45, 2.75) is 53.4 Å². The molecule has 0 radical (unpaired) electrons. The van der Waals surface area contributed by atoms with Crippen LogP contribution >= 0.6 is 11.3 Å². The number of hydrogen-bond donors (Lipinski definition) is 1. The van der Waals surface area contributed by atoms with Gasteiger partial charge in [-0.05, 0) is 24.7 Å². The Morgan fingerprint density at radius 1 is 1.28 bits per heavy atom. The molecule has 0 saturated heterocycles. The lowest BCUT2D eigenvalue weighted by molar-refractivity contribution is 0.0688. The van der Waals surface area contributed by atoms with Crippen molar-refractivity contribution in [3.05, 3.63) is 15.6 Å². The van der Waals surface area contributed by atoms with Crippen LogP contribution in [0.3, 0.4) is 0 Å². The van der Waals surface area contributed by atoms with Crippen LogP contribution in [0.15, 0.2) is 0 Å². The van der Waals surface area contributed by atoms with Gasteiger partial charge in [0.1, 0.15) is 0 Å². The van der Waals surface area contributed by atoms with Crippen molar-refractivity contribution in [3.63, 3.8) is 0 Å². The van der Waals surface area contributed by atoms with Crippen LogP contribution in [0.2, 0.25) is 0 Å². The van der Waals surface area contributed by atoms with E-state index in [0.717, 1.165) is 22.7 Å². The smallest absolute Gasteiger partial charge is 0.355 e. The van der Waals surface area contributed by atoms with Crippen LogP contribution in [-0.4, -0.2) is 16.1 Å². The number of aryl methyl sites for hydroxylation is 1. The lowest BCUT2D eigenvalue weighted by Gasteiger charge is -2.23. The minimum atomic E-state index is -0.894. The molecule has 1 aromatic rings. The first-order valence-electron chi connectivity index (χ1n) is 6.61. The number of carboxylic acids is 1. The molecule has 0 unspecified atom stereocenters. The molecule has 3 nitrogen and oxygen atoms in total. The van der Waals surface area contributed by atoms with E-state index in [1.165, 1.54) is 0 Å². The Bertz CT molecular complexity index is 402. The summed E-state index contributed by atoms with van der Waals surface area (Å²) in [5.74, 6) is 0.241. The minimum Gasteiger partial charge on any atom is -0.476 e. The quantitative estimate of drug-likeness (QED) is 0.842. The third kappa shape index (κ3) is 3.31. The minimum absolute atomic E-state index is 0.274. The van der Waals surface area contributed by atoms with Gasteiger partial charge in [0.05, 0.1) is 5.01 Å². The summed E-state index contributed by atoms with van der Waals surface area (Å²) in [5.41, 5.74) is 0.274. The highest BCUT2D eigenvalue weighted by Gasteiger charge is 2.28. The van der Waals surface area contributed by atoms with Gasteiger partial charge in [0.2, 0.25) is 0 Å². The molecule has 1 aromatic heterocycles. The maximum atomic E-state index is 11.3. The van der Waals surface area contributed by atoms with E-state index in [1.807, 2.05) is 0 Å². The largest absolute Gasteiger partial charge is 0.476 e. The number of carboxylic acid groups (broad SMARTS) is 1. The van der Waals surface area contributed by atoms with Crippen molar-refractivity contribution in [2.75, 3.05) is 0 Å². The molecule has 0 bridgehead atoms. The standard InChI is InChI=1S/C14H23NO2S/c1-6-7-10-15-12(14(16)17)13(18-10)11(8(2)3)9(4)5/h8-9,11H,6-7H2,1-5H3,(H,16,17). The van der Waals surface area contributed by atoms with Crippen molar-refractivity contribution in [1.29, 1.82) is 0 Å². The SMILES string of the molecule is CCCc1nc(C(=O)O)c(C(C(C)C)C(C)C)s1. The normalized spacial score (nSPS) is 11.8. The van der Waals surface area contributed by atoms with E-state index in [4.69, 9.17) is 0 Å². The summed E-state index contributed by atoms with van der Waals surface area (Å²) in [6.07, 6.45) is 1.87. The fourth-order valence-corrected chi connectivity index (χ4v) is 4.06. The third-order valence-electron chi connectivity index (χ3n) is 3.10. The van der Waals surface area contributed by atoms with Crippen LogP contribution in [0.1, 0.15) is 67.3 Å². The molecule has 0 aromatic carbocycles. The molecule has 0 aliphatic carbocycles. The summed E-state index contributed by atoms with van der Waals surface area (Å²) < 4.78 is 0. The number of thiazole rings is 1. The van der Waals surface area contributed by atoms with Gasteiger partial charge in [-0.25, -0.2) is 9.78 Å². The van der Waals surface area contributed by atoms with Crippen LogP contribution in [0.4, 0.5) is 0 Å².